The largest absolute Gasteiger partial charge is 0.363 e. The summed E-state index contributed by atoms with van der Waals surface area (Å²) in [4.78, 5) is 2.56. The number of thiocarbonyl (C=S) groups is 1. The molecular formula is C16H23N3S. The third-order valence-corrected chi connectivity index (χ3v) is 4.72. The predicted molar refractivity (Wildman–Crippen MR) is 86.6 cm³/mol. The summed E-state index contributed by atoms with van der Waals surface area (Å²) in [6, 6.07) is 10.9. The highest BCUT2D eigenvalue weighted by molar-refractivity contribution is 7.80. The normalized spacial score (nSPS) is 25.0. The second-order valence-corrected chi connectivity index (χ2v) is 6.28. The molecule has 2 fully saturated rings. The molecule has 0 radical (unpaired) electrons. The van der Waals surface area contributed by atoms with Gasteiger partial charge in [0.25, 0.3) is 0 Å². The Labute approximate surface area is 126 Å². The van der Waals surface area contributed by atoms with Gasteiger partial charge in [-0.2, -0.15) is 0 Å². The Bertz CT molecular complexity index is 440. The maximum atomic E-state index is 5.21. The lowest BCUT2D eigenvalue weighted by atomic mass is 9.90. The number of hydrogen-bond donors (Lipinski definition) is 2. The Morgan fingerprint density at radius 3 is 2.55 bits per heavy atom. The molecular weight excluding hydrogens is 266 g/mol. The summed E-state index contributed by atoms with van der Waals surface area (Å²) in [5, 5.41) is 7.40. The Kier molecular flexibility index (Phi) is 4.53. The summed E-state index contributed by atoms with van der Waals surface area (Å²) in [6.45, 7) is 3.38. The van der Waals surface area contributed by atoms with Crippen molar-refractivity contribution in [2.24, 2.45) is 5.92 Å². The van der Waals surface area contributed by atoms with Gasteiger partial charge in [-0.3, -0.25) is 4.90 Å². The smallest absolute Gasteiger partial charge is 0.167 e. The maximum absolute atomic E-state index is 5.21. The Morgan fingerprint density at radius 2 is 1.85 bits per heavy atom. The van der Waals surface area contributed by atoms with Crippen molar-refractivity contribution >= 4 is 17.3 Å². The molecule has 2 aliphatic rings. The zero-order valence-electron chi connectivity index (χ0n) is 11.8. The van der Waals surface area contributed by atoms with Gasteiger partial charge in [0, 0.05) is 19.6 Å². The lowest BCUT2D eigenvalue weighted by Crippen LogP contribution is -2.58. The van der Waals surface area contributed by atoms with Crippen LogP contribution in [0.1, 0.15) is 24.8 Å². The van der Waals surface area contributed by atoms with Crippen LogP contribution in [0.25, 0.3) is 0 Å². The molecule has 0 bridgehead atoms. The molecule has 2 saturated heterocycles. The van der Waals surface area contributed by atoms with Gasteiger partial charge in [-0.1, -0.05) is 30.3 Å². The summed E-state index contributed by atoms with van der Waals surface area (Å²) in [6.07, 6.45) is 5.41. The minimum Gasteiger partial charge on any atom is -0.363 e. The Morgan fingerprint density at radius 1 is 1.10 bits per heavy atom. The molecule has 108 valence electrons. The Hall–Kier alpha value is -1.13. The first-order valence-corrected chi connectivity index (χ1v) is 8.04. The van der Waals surface area contributed by atoms with Crippen LogP contribution in [0.5, 0.6) is 0 Å². The molecule has 1 atom stereocenters. The number of nitrogens with zero attached hydrogens (tertiary/aromatic N) is 1. The summed E-state index contributed by atoms with van der Waals surface area (Å²) < 4.78 is 0. The van der Waals surface area contributed by atoms with Crippen molar-refractivity contribution in [2.45, 2.75) is 31.8 Å². The molecule has 1 aromatic carbocycles. The van der Waals surface area contributed by atoms with E-state index in [0.29, 0.717) is 6.17 Å². The van der Waals surface area contributed by atoms with Gasteiger partial charge in [-0.15, -0.1) is 0 Å². The molecule has 4 heteroatoms. The van der Waals surface area contributed by atoms with Crippen LogP contribution >= 0.6 is 12.2 Å². The zero-order chi connectivity index (χ0) is 13.8. The van der Waals surface area contributed by atoms with Crippen LogP contribution in [0.2, 0.25) is 0 Å². The molecule has 3 rings (SSSR count). The van der Waals surface area contributed by atoms with Crippen molar-refractivity contribution in [1.29, 1.82) is 0 Å². The highest BCUT2D eigenvalue weighted by Gasteiger charge is 2.27. The third kappa shape index (κ3) is 3.49. The number of hydrogen-bond acceptors (Lipinski definition) is 2. The standard InChI is InChI=1S/C16H23N3S/c20-16-17-9-6-15(18-16)19-10-7-14(8-11-19)12-13-4-2-1-3-5-13/h1-5,14-15H,6-12H2,(H2,17,18,20). The van der Waals surface area contributed by atoms with Gasteiger partial charge in [-0.05, 0) is 49.4 Å². The molecule has 0 saturated carbocycles. The van der Waals surface area contributed by atoms with Crippen LogP contribution < -0.4 is 10.6 Å². The molecule has 0 aliphatic carbocycles. The van der Waals surface area contributed by atoms with Crippen molar-refractivity contribution in [1.82, 2.24) is 15.5 Å². The number of rotatable bonds is 3. The van der Waals surface area contributed by atoms with E-state index < -0.39 is 0 Å². The van der Waals surface area contributed by atoms with E-state index in [2.05, 4.69) is 45.9 Å². The first-order valence-electron chi connectivity index (χ1n) is 7.63. The van der Waals surface area contributed by atoms with Crippen LogP contribution in [-0.2, 0) is 6.42 Å². The quantitative estimate of drug-likeness (QED) is 0.834. The van der Waals surface area contributed by atoms with Crippen LogP contribution in [0.3, 0.4) is 0 Å². The number of nitrogens with one attached hydrogen (secondary N) is 2. The second-order valence-electron chi connectivity index (χ2n) is 5.87. The van der Waals surface area contributed by atoms with E-state index in [4.69, 9.17) is 12.2 Å². The minimum atomic E-state index is 0.446. The molecule has 2 heterocycles. The average Bonchev–Trinajstić information content (AvgIpc) is 2.49. The molecule has 2 N–H and O–H groups in total. The monoisotopic (exact) mass is 289 g/mol. The van der Waals surface area contributed by atoms with Gasteiger partial charge in [0.2, 0.25) is 0 Å². The zero-order valence-corrected chi connectivity index (χ0v) is 12.7. The summed E-state index contributed by atoms with van der Waals surface area (Å²) in [5.74, 6) is 0.835. The fourth-order valence-electron chi connectivity index (χ4n) is 3.29. The first-order chi connectivity index (χ1) is 9.81. The lowest BCUT2D eigenvalue weighted by Gasteiger charge is -2.40. The molecule has 0 spiro atoms. The van der Waals surface area contributed by atoms with Gasteiger partial charge in [0.15, 0.2) is 5.11 Å². The minimum absolute atomic E-state index is 0.446. The van der Waals surface area contributed by atoms with E-state index >= 15 is 0 Å². The highest BCUT2D eigenvalue weighted by atomic mass is 32.1. The van der Waals surface area contributed by atoms with E-state index in [-0.39, 0.29) is 0 Å². The fourth-order valence-corrected chi connectivity index (χ4v) is 3.53. The SMILES string of the molecule is S=C1NCCC(N2CCC(Cc3ccccc3)CC2)N1. The molecule has 1 aromatic rings. The first kappa shape index (κ1) is 13.8. The van der Waals surface area contributed by atoms with E-state index in [1.807, 2.05) is 0 Å². The van der Waals surface area contributed by atoms with Crippen molar-refractivity contribution in [3.63, 3.8) is 0 Å². The second kappa shape index (κ2) is 6.55. The van der Waals surface area contributed by atoms with Crippen LogP contribution in [0.15, 0.2) is 30.3 Å². The number of likely N-dealkylation sites (tertiary alicyclic amines) is 1. The average molecular weight is 289 g/mol. The van der Waals surface area contributed by atoms with Crippen molar-refractivity contribution in [3.05, 3.63) is 35.9 Å². The van der Waals surface area contributed by atoms with Gasteiger partial charge < -0.3 is 10.6 Å². The van der Waals surface area contributed by atoms with E-state index in [0.717, 1.165) is 24.0 Å². The summed E-state index contributed by atoms with van der Waals surface area (Å²) in [5.41, 5.74) is 1.48. The molecule has 0 amide bonds. The summed E-state index contributed by atoms with van der Waals surface area (Å²) in [7, 11) is 0. The van der Waals surface area contributed by atoms with Crippen LogP contribution in [-0.4, -0.2) is 35.8 Å². The molecule has 3 nitrogen and oxygen atoms in total. The van der Waals surface area contributed by atoms with Gasteiger partial charge >= 0.3 is 0 Å². The van der Waals surface area contributed by atoms with E-state index in [9.17, 15) is 0 Å². The number of piperidine rings is 1. The van der Waals surface area contributed by atoms with Gasteiger partial charge in [-0.25, -0.2) is 0 Å². The van der Waals surface area contributed by atoms with Crippen LogP contribution in [0.4, 0.5) is 0 Å². The molecule has 2 aliphatic heterocycles. The fraction of sp³-hybridized carbons (Fsp3) is 0.562. The van der Waals surface area contributed by atoms with E-state index in [1.165, 1.54) is 37.9 Å². The topological polar surface area (TPSA) is 27.3 Å². The lowest BCUT2D eigenvalue weighted by molar-refractivity contribution is 0.113. The Balaban J connectivity index is 1.48. The molecule has 20 heavy (non-hydrogen) atoms. The highest BCUT2D eigenvalue weighted by Crippen LogP contribution is 2.23. The van der Waals surface area contributed by atoms with Crippen molar-refractivity contribution in [2.75, 3.05) is 19.6 Å². The number of benzene rings is 1. The summed E-state index contributed by atoms with van der Waals surface area (Å²) >= 11 is 5.21. The van der Waals surface area contributed by atoms with Crippen molar-refractivity contribution in [3.8, 4) is 0 Å². The van der Waals surface area contributed by atoms with Gasteiger partial charge in [0.05, 0.1) is 6.17 Å². The third-order valence-electron chi connectivity index (χ3n) is 4.46. The molecule has 1 unspecified atom stereocenters. The predicted octanol–water partition coefficient (Wildman–Crippen LogP) is 2.14. The van der Waals surface area contributed by atoms with Crippen molar-refractivity contribution < 1.29 is 0 Å². The van der Waals surface area contributed by atoms with E-state index in [1.54, 1.807) is 0 Å². The van der Waals surface area contributed by atoms with Gasteiger partial charge in [0.1, 0.15) is 0 Å². The molecule has 0 aromatic heterocycles. The maximum Gasteiger partial charge on any atom is 0.167 e. The van der Waals surface area contributed by atoms with Crippen LogP contribution in [0, 0.1) is 5.92 Å².